The minimum Gasteiger partial charge on any atom is -0.391 e. The number of benzodiazepines with no additional fused rings is 1. The van der Waals surface area contributed by atoms with Crippen LogP contribution in [0.3, 0.4) is 0 Å². The van der Waals surface area contributed by atoms with E-state index in [1.54, 1.807) is 13.1 Å². The highest BCUT2D eigenvalue weighted by atomic mass is 35.5. The van der Waals surface area contributed by atoms with Crippen molar-refractivity contribution in [2.75, 3.05) is 18.4 Å². The fourth-order valence-electron chi connectivity index (χ4n) is 2.31. The summed E-state index contributed by atoms with van der Waals surface area (Å²) in [4.78, 5) is 13.4. The average Bonchev–Trinajstić information content (AvgIpc) is 2.73. The van der Waals surface area contributed by atoms with Gasteiger partial charge in [-0.2, -0.15) is 0 Å². The zero-order valence-corrected chi connectivity index (χ0v) is 13.5. The summed E-state index contributed by atoms with van der Waals surface area (Å²) >= 11 is 6.16. The van der Waals surface area contributed by atoms with Gasteiger partial charge in [-0.05, 0) is 37.3 Å². The van der Waals surface area contributed by atoms with E-state index >= 15 is 0 Å². The monoisotopic (exact) mass is 328 g/mol. The van der Waals surface area contributed by atoms with Gasteiger partial charge in [-0.25, -0.2) is 0 Å². The zero-order valence-electron chi connectivity index (χ0n) is 12.7. The summed E-state index contributed by atoms with van der Waals surface area (Å²) in [6, 6.07) is 11.3. The molecule has 0 bridgehead atoms. The quantitative estimate of drug-likeness (QED) is 0.910. The lowest BCUT2D eigenvalue weighted by atomic mass is 10.0. The van der Waals surface area contributed by atoms with Crippen molar-refractivity contribution in [2.45, 2.75) is 13.0 Å². The summed E-state index contributed by atoms with van der Waals surface area (Å²) in [5, 5.41) is 13.3. The van der Waals surface area contributed by atoms with E-state index < -0.39 is 6.10 Å². The van der Waals surface area contributed by atoms with Gasteiger partial charge in [-0.15, -0.1) is 0 Å². The van der Waals surface area contributed by atoms with Crippen LogP contribution in [0.25, 0.3) is 0 Å². The largest absolute Gasteiger partial charge is 0.391 e. The first kappa shape index (κ1) is 15.6. The van der Waals surface area contributed by atoms with E-state index in [4.69, 9.17) is 11.6 Å². The van der Waals surface area contributed by atoms with Crippen LogP contribution in [0.1, 0.15) is 18.2 Å². The minimum atomic E-state index is -0.489. The molecule has 1 aromatic carbocycles. The third-order valence-electron chi connectivity index (χ3n) is 3.36. The van der Waals surface area contributed by atoms with Crippen LogP contribution in [0, 0.1) is 0 Å². The molecule has 0 radical (unpaired) electrons. The second-order valence-electron chi connectivity index (χ2n) is 5.33. The molecule has 3 rings (SSSR count). The van der Waals surface area contributed by atoms with E-state index in [1.807, 2.05) is 36.4 Å². The van der Waals surface area contributed by atoms with Crippen LogP contribution in [0.5, 0.6) is 0 Å². The minimum absolute atomic E-state index is 0.333. The lowest BCUT2D eigenvalue weighted by Crippen LogP contribution is -2.17. The molecule has 0 fully saturated rings. The van der Waals surface area contributed by atoms with E-state index in [1.165, 1.54) is 0 Å². The molecule has 0 spiro atoms. The molecule has 0 saturated heterocycles. The molecule has 23 heavy (non-hydrogen) atoms. The Balaban J connectivity index is 2.06. The number of anilines is 1. The van der Waals surface area contributed by atoms with Gasteiger partial charge in [0.15, 0.2) is 0 Å². The fourth-order valence-corrected chi connectivity index (χ4v) is 2.48. The number of aliphatic hydroxyl groups excluding tert-OH is 1. The highest BCUT2D eigenvalue weighted by Crippen LogP contribution is 2.25. The van der Waals surface area contributed by atoms with Crippen LogP contribution in [0.4, 0.5) is 5.69 Å². The Kier molecular flexibility index (Phi) is 4.69. The molecule has 2 heterocycles. The Morgan fingerprint density at radius 1 is 1.35 bits per heavy atom. The number of aliphatic imine (C=N–C) groups is 2. The average molecular weight is 329 g/mol. The number of aromatic nitrogens is 1. The second kappa shape index (κ2) is 6.89. The van der Waals surface area contributed by atoms with Gasteiger partial charge in [-0.1, -0.05) is 17.7 Å². The summed E-state index contributed by atoms with van der Waals surface area (Å²) in [7, 11) is 0. The van der Waals surface area contributed by atoms with Crippen LogP contribution in [-0.4, -0.2) is 40.8 Å². The number of hydrogen-bond donors (Lipinski definition) is 2. The summed E-state index contributed by atoms with van der Waals surface area (Å²) in [5.41, 5.74) is 3.33. The SMILES string of the molecule is CC(O)CN=C1CN=C(c2ccccn2)c2cc(Cl)ccc2N1. The molecule has 118 valence electrons. The number of nitrogens with zero attached hydrogens (tertiary/aromatic N) is 3. The van der Waals surface area contributed by atoms with Crippen LogP contribution in [0.15, 0.2) is 52.6 Å². The van der Waals surface area contributed by atoms with Crippen molar-refractivity contribution >= 4 is 28.8 Å². The van der Waals surface area contributed by atoms with Crippen molar-refractivity contribution in [1.82, 2.24) is 4.98 Å². The third kappa shape index (κ3) is 3.75. The summed E-state index contributed by atoms with van der Waals surface area (Å²) in [5.74, 6) is 0.709. The maximum Gasteiger partial charge on any atom is 0.123 e. The van der Waals surface area contributed by atoms with E-state index in [0.29, 0.717) is 23.9 Å². The van der Waals surface area contributed by atoms with Crippen molar-refractivity contribution in [3.05, 3.63) is 58.9 Å². The molecule has 1 aliphatic rings. The van der Waals surface area contributed by atoms with Crippen LogP contribution in [0.2, 0.25) is 5.02 Å². The van der Waals surface area contributed by atoms with Crippen LogP contribution < -0.4 is 5.32 Å². The van der Waals surface area contributed by atoms with E-state index in [-0.39, 0.29) is 0 Å². The first-order chi connectivity index (χ1) is 11.1. The Labute approximate surface area is 139 Å². The number of benzene rings is 1. The number of pyridine rings is 1. The standard InChI is InChI=1S/C17H17ClN4O/c1-11(23)9-20-16-10-21-17(15-4-2-3-7-19-15)13-8-12(18)5-6-14(13)22-16/h2-8,11,23H,9-10H2,1H3,(H,20,22). The number of rotatable bonds is 3. The van der Waals surface area contributed by atoms with Gasteiger partial charge in [0.25, 0.3) is 0 Å². The Bertz CT molecular complexity index is 756. The highest BCUT2D eigenvalue weighted by Gasteiger charge is 2.18. The zero-order chi connectivity index (χ0) is 16.2. The summed E-state index contributed by atoms with van der Waals surface area (Å²) in [6.07, 6.45) is 1.25. The molecular formula is C17H17ClN4O. The van der Waals surface area contributed by atoms with Gasteiger partial charge in [-0.3, -0.25) is 15.0 Å². The number of hydrogen-bond acceptors (Lipinski definition) is 4. The fraction of sp³-hybridized carbons (Fsp3) is 0.235. The predicted octanol–water partition coefficient (Wildman–Crippen LogP) is 2.78. The first-order valence-corrected chi connectivity index (χ1v) is 7.75. The van der Waals surface area contributed by atoms with E-state index in [2.05, 4.69) is 20.3 Å². The first-order valence-electron chi connectivity index (χ1n) is 7.37. The molecule has 1 aliphatic heterocycles. The van der Waals surface area contributed by atoms with Gasteiger partial charge < -0.3 is 10.4 Å². The lowest BCUT2D eigenvalue weighted by Gasteiger charge is -2.11. The maximum absolute atomic E-state index is 9.42. The van der Waals surface area contributed by atoms with Gasteiger partial charge in [0.05, 0.1) is 30.6 Å². The van der Waals surface area contributed by atoms with Crippen LogP contribution in [-0.2, 0) is 0 Å². The molecular weight excluding hydrogens is 312 g/mol. The summed E-state index contributed by atoms with van der Waals surface area (Å²) in [6.45, 7) is 2.43. The van der Waals surface area contributed by atoms with Gasteiger partial charge in [0.1, 0.15) is 5.84 Å². The number of aliphatic hydroxyl groups is 1. The van der Waals surface area contributed by atoms with Crippen LogP contribution >= 0.6 is 11.6 Å². The van der Waals surface area contributed by atoms with Crippen molar-refractivity contribution in [3.63, 3.8) is 0 Å². The molecule has 1 unspecified atom stereocenters. The molecule has 0 saturated carbocycles. The van der Waals surface area contributed by atoms with Crippen molar-refractivity contribution in [2.24, 2.45) is 9.98 Å². The van der Waals surface area contributed by atoms with Crippen molar-refractivity contribution in [1.29, 1.82) is 0 Å². The molecule has 1 aromatic heterocycles. The molecule has 0 amide bonds. The Morgan fingerprint density at radius 3 is 2.96 bits per heavy atom. The number of amidine groups is 1. The number of nitrogens with one attached hydrogen (secondary N) is 1. The molecule has 2 N–H and O–H groups in total. The van der Waals surface area contributed by atoms with E-state index in [0.717, 1.165) is 22.7 Å². The summed E-state index contributed by atoms with van der Waals surface area (Å²) < 4.78 is 0. The topological polar surface area (TPSA) is 69.9 Å². The maximum atomic E-state index is 9.42. The lowest BCUT2D eigenvalue weighted by molar-refractivity contribution is 0.204. The Hall–Kier alpha value is -2.24. The van der Waals surface area contributed by atoms with E-state index in [9.17, 15) is 5.11 Å². The predicted molar refractivity (Wildman–Crippen MR) is 93.8 cm³/mol. The third-order valence-corrected chi connectivity index (χ3v) is 3.59. The highest BCUT2D eigenvalue weighted by molar-refractivity contribution is 6.31. The molecule has 5 nitrogen and oxygen atoms in total. The number of halogens is 1. The second-order valence-corrected chi connectivity index (χ2v) is 5.77. The van der Waals surface area contributed by atoms with Gasteiger partial charge >= 0.3 is 0 Å². The van der Waals surface area contributed by atoms with Crippen molar-refractivity contribution < 1.29 is 5.11 Å². The normalized spacial score (nSPS) is 17.0. The Morgan fingerprint density at radius 2 is 2.22 bits per heavy atom. The number of fused-ring (bicyclic) bond motifs is 1. The van der Waals surface area contributed by atoms with Gasteiger partial charge in [0, 0.05) is 22.5 Å². The molecule has 6 heteroatoms. The van der Waals surface area contributed by atoms with Gasteiger partial charge in [0.2, 0.25) is 0 Å². The smallest absolute Gasteiger partial charge is 0.123 e. The molecule has 1 atom stereocenters. The van der Waals surface area contributed by atoms with Crippen molar-refractivity contribution in [3.8, 4) is 0 Å². The molecule has 0 aliphatic carbocycles. The molecule has 2 aromatic rings.